The molecule has 1 atom stereocenters. The fraction of sp³-hybridized carbons (Fsp3) is 0.0909. The third-order valence-corrected chi connectivity index (χ3v) is 2.09. The Morgan fingerprint density at radius 3 is 3.00 bits per heavy atom. The van der Waals surface area contributed by atoms with E-state index in [9.17, 15) is 0 Å². The van der Waals surface area contributed by atoms with Gasteiger partial charge in [-0.2, -0.15) is 0 Å². The van der Waals surface area contributed by atoms with E-state index in [1.165, 1.54) is 6.26 Å². The predicted octanol–water partition coefficient (Wildman–Crippen LogP) is 1.31. The van der Waals surface area contributed by atoms with Crippen LogP contribution in [-0.2, 0) is 4.74 Å². The van der Waals surface area contributed by atoms with Gasteiger partial charge >= 0.3 is 0 Å². The quantitative estimate of drug-likeness (QED) is 0.559. The van der Waals surface area contributed by atoms with Crippen molar-refractivity contribution < 1.29 is 4.74 Å². The Bertz CT molecular complexity index is 423. The van der Waals surface area contributed by atoms with Gasteiger partial charge in [0.25, 0.3) is 0 Å². The Kier molecular flexibility index (Phi) is 2.49. The number of hydrogen-bond acceptors (Lipinski definition) is 3. The largest absolute Gasteiger partial charge is 0.485 e. The standard InChI is InChI=1S/C11H11N3O/c12-11(13)10-8(4-3-7-15-10)9-5-1-2-6-14-9/h1-7,10H,(H3,12,13). The fourth-order valence-electron chi connectivity index (χ4n) is 1.42. The number of hydrogen-bond donors (Lipinski definition) is 2. The zero-order valence-corrected chi connectivity index (χ0v) is 8.05. The molecule has 1 unspecified atom stereocenters. The molecule has 0 radical (unpaired) electrons. The van der Waals surface area contributed by atoms with Crippen molar-refractivity contribution in [3.05, 3.63) is 48.5 Å². The summed E-state index contributed by atoms with van der Waals surface area (Å²) in [5, 5.41) is 7.42. The van der Waals surface area contributed by atoms with Crippen molar-refractivity contribution in [2.24, 2.45) is 5.73 Å². The highest BCUT2D eigenvalue weighted by molar-refractivity contribution is 5.95. The molecule has 15 heavy (non-hydrogen) atoms. The summed E-state index contributed by atoms with van der Waals surface area (Å²) in [4.78, 5) is 4.20. The van der Waals surface area contributed by atoms with Crippen LogP contribution in [0.1, 0.15) is 5.69 Å². The lowest BCUT2D eigenvalue weighted by Crippen LogP contribution is -2.31. The van der Waals surface area contributed by atoms with Crippen molar-refractivity contribution in [3.8, 4) is 0 Å². The van der Waals surface area contributed by atoms with Gasteiger partial charge in [0.05, 0.1) is 12.0 Å². The van der Waals surface area contributed by atoms with Crippen molar-refractivity contribution in [2.75, 3.05) is 0 Å². The molecule has 0 aliphatic carbocycles. The topological polar surface area (TPSA) is 72.0 Å². The smallest absolute Gasteiger partial charge is 0.181 e. The van der Waals surface area contributed by atoms with E-state index in [1.807, 2.05) is 24.3 Å². The summed E-state index contributed by atoms with van der Waals surface area (Å²) in [6, 6.07) is 5.59. The molecule has 76 valence electrons. The first-order valence-corrected chi connectivity index (χ1v) is 4.56. The van der Waals surface area contributed by atoms with Gasteiger partial charge in [-0.05, 0) is 24.3 Å². The monoisotopic (exact) mass is 201 g/mol. The maximum absolute atomic E-state index is 7.42. The summed E-state index contributed by atoms with van der Waals surface area (Å²) in [5.74, 6) is -0.0174. The van der Waals surface area contributed by atoms with Gasteiger partial charge < -0.3 is 10.5 Å². The first-order valence-electron chi connectivity index (χ1n) is 4.56. The van der Waals surface area contributed by atoms with Crippen LogP contribution < -0.4 is 5.73 Å². The zero-order chi connectivity index (χ0) is 10.7. The Morgan fingerprint density at radius 2 is 2.33 bits per heavy atom. The second-order valence-corrected chi connectivity index (χ2v) is 3.14. The number of nitrogens with one attached hydrogen (secondary N) is 1. The highest BCUT2D eigenvalue weighted by Crippen LogP contribution is 2.21. The van der Waals surface area contributed by atoms with Crippen molar-refractivity contribution in [2.45, 2.75) is 6.10 Å². The minimum Gasteiger partial charge on any atom is -0.485 e. The third kappa shape index (κ3) is 1.88. The SMILES string of the molecule is N=C(N)C1OC=CC=C1c1ccccn1. The molecule has 2 heterocycles. The molecule has 0 amide bonds. The van der Waals surface area contributed by atoms with Gasteiger partial charge in [0.15, 0.2) is 6.10 Å². The van der Waals surface area contributed by atoms with Crippen molar-refractivity contribution in [1.29, 1.82) is 5.41 Å². The van der Waals surface area contributed by atoms with Crippen LogP contribution in [0.25, 0.3) is 5.57 Å². The molecule has 3 N–H and O–H groups in total. The van der Waals surface area contributed by atoms with E-state index < -0.39 is 6.10 Å². The molecule has 0 spiro atoms. The molecule has 0 saturated carbocycles. The first kappa shape index (κ1) is 9.45. The van der Waals surface area contributed by atoms with Crippen LogP contribution in [0, 0.1) is 5.41 Å². The number of allylic oxidation sites excluding steroid dienone is 2. The van der Waals surface area contributed by atoms with Crippen LogP contribution in [0.5, 0.6) is 0 Å². The maximum atomic E-state index is 7.42. The average molecular weight is 201 g/mol. The Labute approximate surface area is 87.6 Å². The summed E-state index contributed by atoms with van der Waals surface area (Å²) in [6.07, 6.45) is 6.33. The van der Waals surface area contributed by atoms with E-state index in [4.69, 9.17) is 15.9 Å². The van der Waals surface area contributed by atoms with Crippen LogP contribution in [0.3, 0.4) is 0 Å². The minimum atomic E-state index is -0.523. The summed E-state index contributed by atoms with van der Waals surface area (Å²) < 4.78 is 5.27. The number of amidine groups is 1. The maximum Gasteiger partial charge on any atom is 0.181 e. The van der Waals surface area contributed by atoms with Crippen LogP contribution in [-0.4, -0.2) is 16.9 Å². The number of rotatable bonds is 2. The molecule has 0 fully saturated rings. The van der Waals surface area contributed by atoms with E-state index in [2.05, 4.69) is 4.98 Å². The van der Waals surface area contributed by atoms with Crippen LogP contribution >= 0.6 is 0 Å². The Morgan fingerprint density at radius 1 is 1.47 bits per heavy atom. The first-order chi connectivity index (χ1) is 7.29. The molecule has 4 heteroatoms. The highest BCUT2D eigenvalue weighted by atomic mass is 16.5. The zero-order valence-electron chi connectivity index (χ0n) is 8.05. The van der Waals surface area contributed by atoms with E-state index >= 15 is 0 Å². The van der Waals surface area contributed by atoms with E-state index in [0.717, 1.165) is 11.3 Å². The molecule has 1 aromatic rings. The summed E-state index contributed by atoms with van der Waals surface area (Å²) in [5.41, 5.74) is 7.04. The number of nitrogens with two attached hydrogens (primary N) is 1. The van der Waals surface area contributed by atoms with E-state index in [0.29, 0.717) is 0 Å². The van der Waals surface area contributed by atoms with Crippen molar-refractivity contribution >= 4 is 11.4 Å². The molecule has 2 rings (SSSR count). The molecular formula is C11H11N3O. The average Bonchev–Trinajstić information content (AvgIpc) is 2.30. The summed E-state index contributed by atoms with van der Waals surface area (Å²) >= 11 is 0. The van der Waals surface area contributed by atoms with Gasteiger partial charge in [-0.1, -0.05) is 6.07 Å². The van der Waals surface area contributed by atoms with Gasteiger partial charge in [-0.25, -0.2) is 0 Å². The number of pyridine rings is 1. The van der Waals surface area contributed by atoms with Crippen LogP contribution in [0.15, 0.2) is 42.8 Å². The van der Waals surface area contributed by atoms with E-state index in [-0.39, 0.29) is 5.84 Å². The Hall–Kier alpha value is -2.10. The van der Waals surface area contributed by atoms with Gasteiger partial charge in [-0.3, -0.25) is 10.4 Å². The highest BCUT2D eigenvalue weighted by Gasteiger charge is 2.21. The predicted molar refractivity (Wildman–Crippen MR) is 58.1 cm³/mol. The third-order valence-electron chi connectivity index (χ3n) is 2.09. The number of ether oxygens (including phenoxy) is 1. The molecule has 0 bridgehead atoms. The summed E-state index contributed by atoms with van der Waals surface area (Å²) in [7, 11) is 0. The van der Waals surface area contributed by atoms with Crippen LogP contribution in [0.2, 0.25) is 0 Å². The molecular weight excluding hydrogens is 190 g/mol. The van der Waals surface area contributed by atoms with Gasteiger partial charge in [-0.15, -0.1) is 0 Å². The van der Waals surface area contributed by atoms with E-state index in [1.54, 1.807) is 12.3 Å². The molecule has 0 saturated heterocycles. The lowest BCUT2D eigenvalue weighted by atomic mass is 10.0. The van der Waals surface area contributed by atoms with Gasteiger partial charge in [0.2, 0.25) is 0 Å². The molecule has 4 nitrogen and oxygen atoms in total. The molecule has 1 aliphatic heterocycles. The van der Waals surface area contributed by atoms with Gasteiger partial charge in [0, 0.05) is 11.8 Å². The normalized spacial score (nSPS) is 19.2. The fourth-order valence-corrected chi connectivity index (χ4v) is 1.42. The lowest BCUT2D eigenvalue weighted by Gasteiger charge is -2.20. The lowest BCUT2D eigenvalue weighted by molar-refractivity contribution is 0.245. The number of aromatic nitrogens is 1. The van der Waals surface area contributed by atoms with Crippen LogP contribution in [0.4, 0.5) is 0 Å². The minimum absolute atomic E-state index is 0.0174. The molecule has 1 aromatic heterocycles. The Balaban J connectivity index is 2.38. The second-order valence-electron chi connectivity index (χ2n) is 3.14. The molecule has 1 aliphatic rings. The summed E-state index contributed by atoms with van der Waals surface area (Å²) in [6.45, 7) is 0. The van der Waals surface area contributed by atoms with Crippen molar-refractivity contribution in [1.82, 2.24) is 4.98 Å². The van der Waals surface area contributed by atoms with Gasteiger partial charge in [0.1, 0.15) is 5.84 Å². The second kappa shape index (κ2) is 3.96. The number of nitrogens with zero attached hydrogens (tertiary/aromatic N) is 1. The van der Waals surface area contributed by atoms with Crippen molar-refractivity contribution in [3.63, 3.8) is 0 Å². The molecule has 0 aromatic carbocycles.